The van der Waals surface area contributed by atoms with Gasteiger partial charge in [-0.05, 0) is 19.8 Å². The Labute approximate surface area is 117 Å². The largest absolute Gasteiger partial charge is 0.340 e. The highest BCUT2D eigenvalue weighted by Crippen LogP contribution is 2.22. The number of hydrogen-bond acceptors (Lipinski definition) is 3. The van der Waals surface area contributed by atoms with E-state index in [-0.39, 0.29) is 17.7 Å². The third kappa shape index (κ3) is 3.55. The molecule has 19 heavy (non-hydrogen) atoms. The zero-order valence-electron chi connectivity index (χ0n) is 12.4. The van der Waals surface area contributed by atoms with Gasteiger partial charge in [0.2, 0.25) is 11.8 Å². The lowest BCUT2D eigenvalue weighted by molar-refractivity contribution is -0.154. The van der Waals surface area contributed by atoms with Crippen molar-refractivity contribution in [1.29, 1.82) is 0 Å². The van der Waals surface area contributed by atoms with Gasteiger partial charge in [0.15, 0.2) is 0 Å². The minimum atomic E-state index is -0.933. The average Bonchev–Trinajstić information content (AvgIpc) is 2.30. The average molecular weight is 288 g/mol. The van der Waals surface area contributed by atoms with Gasteiger partial charge in [-0.1, -0.05) is 20.8 Å². The van der Waals surface area contributed by atoms with E-state index in [1.807, 2.05) is 20.8 Å². The molecule has 1 aliphatic rings. The van der Waals surface area contributed by atoms with E-state index >= 15 is 0 Å². The standard InChI is InChI=1S/C13H24N2O3S/c1-6-19(18)8-7-15-10(9(2)3)11(16)14-13(4,5)12(15)17/h9-10H,6-8H2,1-5H3,(H,14,16). The lowest BCUT2D eigenvalue weighted by atomic mass is 9.91. The molecule has 0 spiro atoms. The predicted molar refractivity (Wildman–Crippen MR) is 76.1 cm³/mol. The molecule has 6 heteroatoms. The van der Waals surface area contributed by atoms with E-state index < -0.39 is 22.4 Å². The smallest absolute Gasteiger partial charge is 0.248 e. The summed E-state index contributed by atoms with van der Waals surface area (Å²) in [4.78, 5) is 26.2. The molecule has 110 valence electrons. The van der Waals surface area contributed by atoms with E-state index in [1.54, 1.807) is 18.7 Å². The number of nitrogens with one attached hydrogen (secondary N) is 1. The Balaban J connectivity index is 2.93. The van der Waals surface area contributed by atoms with Crippen LogP contribution in [0.1, 0.15) is 34.6 Å². The number of carbonyl (C=O) groups excluding carboxylic acids is 2. The number of rotatable bonds is 5. The molecule has 0 aromatic rings. The van der Waals surface area contributed by atoms with Crippen molar-refractivity contribution in [3.8, 4) is 0 Å². The molecule has 2 amide bonds. The fourth-order valence-corrected chi connectivity index (χ4v) is 3.00. The first-order chi connectivity index (χ1) is 8.70. The van der Waals surface area contributed by atoms with Crippen molar-refractivity contribution < 1.29 is 13.8 Å². The molecule has 1 fully saturated rings. The van der Waals surface area contributed by atoms with E-state index in [4.69, 9.17) is 0 Å². The van der Waals surface area contributed by atoms with Crippen molar-refractivity contribution in [2.24, 2.45) is 5.92 Å². The molecule has 0 bridgehead atoms. The van der Waals surface area contributed by atoms with Crippen molar-refractivity contribution in [2.45, 2.75) is 46.2 Å². The van der Waals surface area contributed by atoms with Crippen LogP contribution in [-0.2, 0) is 20.4 Å². The van der Waals surface area contributed by atoms with Gasteiger partial charge in [0.1, 0.15) is 11.6 Å². The second-order valence-corrected chi connectivity index (χ2v) is 7.60. The van der Waals surface area contributed by atoms with E-state index in [2.05, 4.69) is 5.32 Å². The van der Waals surface area contributed by atoms with Crippen LogP contribution in [0.15, 0.2) is 0 Å². The summed E-state index contributed by atoms with van der Waals surface area (Å²) in [6.07, 6.45) is 0. The summed E-state index contributed by atoms with van der Waals surface area (Å²) >= 11 is 0. The van der Waals surface area contributed by atoms with Gasteiger partial charge >= 0.3 is 0 Å². The molecule has 5 nitrogen and oxygen atoms in total. The van der Waals surface area contributed by atoms with Crippen LogP contribution >= 0.6 is 0 Å². The van der Waals surface area contributed by atoms with Crippen molar-refractivity contribution in [1.82, 2.24) is 10.2 Å². The monoisotopic (exact) mass is 288 g/mol. The maximum atomic E-state index is 12.4. The molecule has 1 heterocycles. The van der Waals surface area contributed by atoms with Crippen LogP contribution in [0, 0.1) is 5.92 Å². The minimum Gasteiger partial charge on any atom is -0.340 e. The lowest BCUT2D eigenvalue weighted by Gasteiger charge is -2.44. The Morgan fingerprint density at radius 1 is 1.37 bits per heavy atom. The highest BCUT2D eigenvalue weighted by molar-refractivity contribution is 7.84. The molecule has 1 N–H and O–H groups in total. The summed E-state index contributed by atoms with van der Waals surface area (Å²) in [5.74, 6) is 0.814. The summed E-state index contributed by atoms with van der Waals surface area (Å²) < 4.78 is 11.6. The normalized spacial score (nSPS) is 24.5. The van der Waals surface area contributed by atoms with Crippen LogP contribution in [-0.4, -0.2) is 50.6 Å². The van der Waals surface area contributed by atoms with Gasteiger partial charge < -0.3 is 10.2 Å². The van der Waals surface area contributed by atoms with Crippen LogP contribution in [0.25, 0.3) is 0 Å². The quantitative estimate of drug-likeness (QED) is 0.802. The van der Waals surface area contributed by atoms with Gasteiger partial charge in [0.25, 0.3) is 0 Å². The van der Waals surface area contributed by atoms with Crippen molar-refractivity contribution in [3.63, 3.8) is 0 Å². The van der Waals surface area contributed by atoms with Gasteiger partial charge in [0.05, 0.1) is 0 Å². The summed E-state index contributed by atoms with van der Waals surface area (Å²) in [6, 6.07) is -0.464. The maximum absolute atomic E-state index is 12.4. The molecular formula is C13H24N2O3S. The van der Waals surface area contributed by atoms with Gasteiger partial charge in [0, 0.05) is 28.9 Å². The second kappa shape index (κ2) is 6.03. The third-order valence-corrected chi connectivity index (χ3v) is 4.63. The molecule has 1 saturated heterocycles. The Hall–Kier alpha value is -0.910. The minimum absolute atomic E-state index is 0.0371. The zero-order chi connectivity index (χ0) is 14.8. The van der Waals surface area contributed by atoms with Crippen LogP contribution < -0.4 is 5.32 Å². The number of amides is 2. The Bertz CT molecular complexity index is 393. The van der Waals surface area contributed by atoms with Crippen LogP contribution in [0.3, 0.4) is 0 Å². The fraction of sp³-hybridized carbons (Fsp3) is 0.846. The van der Waals surface area contributed by atoms with E-state index in [1.165, 1.54) is 0 Å². The zero-order valence-corrected chi connectivity index (χ0v) is 13.2. The summed E-state index contributed by atoms with van der Waals surface area (Å²) in [5, 5.41) is 2.76. The van der Waals surface area contributed by atoms with Crippen molar-refractivity contribution >= 4 is 22.6 Å². The first-order valence-electron chi connectivity index (χ1n) is 6.68. The van der Waals surface area contributed by atoms with Crippen LogP contribution in [0.5, 0.6) is 0 Å². The number of nitrogens with zero attached hydrogens (tertiary/aromatic N) is 1. The van der Waals surface area contributed by atoms with E-state index in [9.17, 15) is 13.8 Å². The van der Waals surface area contributed by atoms with Crippen molar-refractivity contribution in [3.05, 3.63) is 0 Å². The summed E-state index contributed by atoms with van der Waals surface area (Å²) in [6.45, 7) is 9.46. The molecule has 0 aromatic carbocycles. The molecule has 2 atom stereocenters. The Morgan fingerprint density at radius 3 is 2.42 bits per heavy atom. The van der Waals surface area contributed by atoms with E-state index in [0.717, 1.165) is 0 Å². The maximum Gasteiger partial charge on any atom is 0.248 e. The van der Waals surface area contributed by atoms with E-state index in [0.29, 0.717) is 18.1 Å². The van der Waals surface area contributed by atoms with Gasteiger partial charge in [-0.25, -0.2) is 0 Å². The molecule has 2 unspecified atom stereocenters. The third-order valence-electron chi connectivity index (χ3n) is 3.35. The van der Waals surface area contributed by atoms with Crippen molar-refractivity contribution in [2.75, 3.05) is 18.1 Å². The topological polar surface area (TPSA) is 66.5 Å². The predicted octanol–water partition coefficient (Wildman–Crippen LogP) is 0.517. The molecule has 1 rings (SSSR count). The highest BCUT2D eigenvalue weighted by Gasteiger charge is 2.46. The molecule has 0 aromatic heterocycles. The molecule has 0 radical (unpaired) electrons. The SMILES string of the molecule is CCS(=O)CCN1C(=O)C(C)(C)NC(=O)C1C(C)C. The number of hydrogen-bond donors (Lipinski definition) is 1. The number of piperazine rings is 1. The summed E-state index contributed by atoms with van der Waals surface area (Å²) in [5.41, 5.74) is -0.879. The Morgan fingerprint density at radius 2 is 1.95 bits per heavy atom. The Kier molecular flexibility index (Phi) is 5.12. The lowest BCUT2D eigenvalue weighted by Crippen LogP contribution is -2.69. The second-order valence-electron chi connectivity index (χ2n) is 5.73. The van der Waals surface area contributed by atoms with Crippen LogP contribution in [0.4, 0.5) is 0 Å². The molecule has 1 aliphatic heterocycles. The fourth-order valence-electron chi connectivity index (χ4n) is 2.31. The van der Waals surface area contributed by atoms with Gasteiger partial charge in [-0.2, -0.15) is 0 Å². The molecule has 0 saturated carbocycles. The first kappa shape index (κ1) is 16.1. The van der Waals surface area contributed by atoms with Crippen LogP contribution in [0.2, 0.25) is 0 Å². The van der Waals surface area contributed by atoms with Gasteiger partial charge in [-0.3, -0.25) is 13.8 Å². The number of carbonyl (C=O) groups is 2. The molecule has 0 aliphatic carbocycles. The summed E-state index contributed by atoms with van der Waals surface area (Å²) in [7, 11) is -0.933. The molecular weight excluding hydrogens is 264 g/mol. The highest BCUT2D eigenvalue weighted by atomic mass is 32.2. The first-order valence-corrected chi connectivity index (χ1v) is 8.17. The van der Waals surface area contributed by atoms with Gasteiger partial charge in [-0.15, -0.1) is 0 Å².